The predicted molar refractivity (Wildman–Crippen MR) is 72.0 cm³/mol. The summed E-state index contributed by atoms with van der Waals surface area (Å²) in [5, 5.41) is 0. The molecular formula is C12H16BrN3O. The highest BCUT2D eigenvalue weighted by molar-refractivity contribution is 9.10. The van der Waals surface area contributed by atoms with Crippen molar-refractivity contribution < 1.29 is 4.79 Å². The Labute approximate surface area is 110 Å². The second-order valence-corrected chi connectivity index (χ2v) is 5.13. The van der Waals surface area contributed by atoms with Gasteiger partial charge in [-0.1, -0.05) is 22.0 Å². The highest BCUT2D eigenvalue weighted by Gasteiger charge is 2.18. The van der Waals surface area contributed by atoms with Crippen molar-refractivity contribution in [1.82, 2.24) is 4.90 Å². The van der Waals surface area contributed by atoms with E-state index in [2.05, 4.69) is 37.9 Å². The zero-order valence-corrected chi connectivity index (χ0v) is 11.2. The number of benzene rings is 1. The molecule has 1 aliphatic heterocycles. The van der Waals surface area contributed by atoms with Gasteiger partial charge in [-0.05, 0) is 18.2 Å². The molecule has 0 bridgehead atoms. The molecule has 0 aliphatic carbocycles. The van der Waals surface area contributed by atoms with E-state index in [0.29, 0.717) is 6.54 Å². The van der Waals surface area contributed by atoms with Crippen LogP contribution in [-0.2, 0) is 4.79 Å². The van der Waals surface area contributed by atoms with E-state index >= 15 is 0 Å². The van der Waals surface area contributed by atoms with Gasteiger partial charge in [0.1, 0.15) is 0 Å². The van der Waals surface area contributed by atoms with Crippen molar-refractivity contribution in [3.8, 4) is 0 Å². The van der Waals surface area contributed by atoms with Crippen molar-refractivity contribution in [3.63, 3.8) is 0 Å². The lowest BCUT2D eigenvalue weighted by Crippen LogP contribution is -2.48. The molecule has 1 amide bonds. The van der Waals surface area contributed by atoms with Crippen LogP contribution < -0.4 is 10.6 Å². The van der Waals surface area contributed by atoms with Gasteiger partial charge in [-0.3, -0.25) is 9.69 Å². The van der Waals surface area contributed by atoms with Crippen molar-refractivity contribution in [2.45, 2.75) is 0 Å². The maximum atomic E-state index is 10.8. The number of nitrogens with two attached hydrogens (primary N) is 1. The topological polar surface area (TPSA) is 49.6 Å². The van der Waals surface area contributed by atoms with Crippen molar-refractivity contribution in [1.29, 1.82) is 0 Å². The molecular weight excluding hydrogens is 282 g/mol. The fourth-order valence-corrected chi connectivity index (χ4v) is 2.44. The predicted octanol–water partition coefficient (Wildman–Crippen LogP) is 1.06. The van der Waals surface area contributed by atoms with E-state index in [0.717, 1.165) is 30.7 Å². The maximum Gasteiger partial charge on any atom is 0.231 e. The molecule has 1 heterocycles. The van der Waals surface area contributed by atoms with E-state index < -0.39 is 0 Å². The average Bonchev–Trinajstić information content (AvgIpc) is 2.29. The van der Waals surface area contributed by atoms with Gasteiger partial charge in [0.15, 0.2) is 0 Å². The minimum Gasteiger partial charge on any atom is -0.369 e. The lowest BCUT2D eigenvalue weighted by molar-refractivity contribution is -0.119. The molecule has 92 valence electrons. The minimum absolute atomic E-state index is 0.249. The Kier molecular flexibility index (Phi) is 4.02. The Balaban J connectivity index is 1.93. The number of halogens is 1. The second-order valence-electron chi connectivity index (χ2n) is 4.21. The van der Waals surface area contributed by atoms with Crippen LogP contribution in [0.1, 0.15) is 0 Å². The zero-order chi connectivity index (χ0) is 12.3. The zero-order valence-electron chi connectivity index (χ0n) is 9.60. The van der Waals surface area contributed by atoms with Gasteiger partial charge in [0.2, 0.25) is 5.91 Å². The van der Waals surface area contributed by atoms with Crippen molar-refractivity contribution >= 4 is 27.5 Å². The number of anilines is 1. The lowest BCUT2D eigenvalue weighted by Gasteiger charge is -2.35. The molecule has 1 saturated heterocycles. The SMILES string of the molecule is NC(=O)CN1CCN(c2cccc(Br)c2)CC1. The molecule has 0 radical (unpaired) electrons. The third-order valence-corrected chi connectivity index (χ3v) is 3.42. The van der Waals surface area contributed by atoms with E-state index in [9.17, 15) is 4.79 Å². The van der Waals surface area contributed by atoms with Crippen LogP contribution in [0.3, 0.4) is 0 Å². The smallest absolute Gasteiger partial charge is 0.231 e. The van der Waals surface area contributed by atoms with E-state index in [1.807, 2.05) is 12.1 Å². The van der Waals surface area contributed by atoms with Crippen LogP contribution >= 0.6 is 15.9 Å². The molecule has 0 spiro atoms. The summed E-state index contributed by atoms with van der Waals surface area (Å²) in [6, 6.07) is 8.28. The fraction of sp³-hybridized carbons (Fsp3) is 0.417. The van der Waals surface area contributed by atoms with Gasteiger partial charge in [0.05, 0.1) is 6.54 Å². The molecule has 17 heavy (non-hydrogen) atoms. The van der Waals surface area contributed by atoms with Crippen LogP contribution in [0.2, 0.25) is 0 Å². The van der Waals surface area contributed by atoms with E-state index in [1.54, 1.807) is 0 Å². The van der Waals surface area contributed by atoms with Gasteiger partial charge >= 0.3 is 0 Å². The summed E-state index contributed by atoms with van der Waals surface area (Å²) in [6.07, 6.45) is 0. The van der Waals surface area contributed by atoms with Crippen LogP contribution in [0.5, 0.6) is 0 Å². The quantitative estimate of drug-likeness (QED) is 0.907. The number of piperazine rings is 1. The van der Waals surface area contributed by atoms with Gasteiger partial charge in [-0.2, -0.15) is 0 Å². The third-order valence-electron chi connectivity index (χ3n) is 2.93. The van der Waals surface area contributed by atoms with E-state index in [-0.39, 0.29) is 5.91 Å². The van der Waals surface area contributed by atoms with Gasteiger partial charge in [-0.25, -0.2) is 0 Å². The standard InChI is InChI=1S/C12H16BrN3O/c13-10-2-1-3-11(8-10)16-6-4-15(5-7-16)9-12(14)17/h1-3,8H,4-7,9H2,(H2,14,17). The second kappa shape index (κ2) is 5.51. The Bertz CT molecular complexity index is 402. The summed E-state index contributed by atoms with van der Waals surface area (Å²) < 4.78 is 1.09. The molecule has 0 unspecified atom stereocenters. The lowest BCUT2D eigenvalue weighted by atomic mass is 10.2. The minimum atomic E-state index is -0.249. The van der Waals surface area contributed by atoms with Gasteiger partial charge in [0, 0.05) is 36.3 Å². The number of carbonyl (C=O) groups is 1. The number of carbonyl (C=O) groups excluding carboxylic acids is 1. The number of hydrogen-bond donors (Lipinski definition) is 1. The number of primary amides is 1. The normalized spacial score (nSPS) is 17.1. The first-order valence-electron chi connectivity index (χ1n) is 5.66. The van der Waals surface area contributed by atoms with Gasteiger partial charge in [-0.15, -0.1) is 0 Å². The molecule has 2 N–H and O–H groups in total. The summed E-state index contributed by atoms with van der Waals surface area (Å²) in [4.78, 5) is 15.2. The molecule has 1 aromatic rings. The first kappa shape index (κ1) is 12.4. The summed E-state index contributed by atoms with van der Waals surface area (Å²) in [7, 11) is 0. The fourth-order valence-electron chi connectivity index (χ4n) is 2.06. The molecule has 5 heteroatoms. The van der Waals surface area contributed by atoms with Gasteiger partial charge in [0.25, 0.3) is 0 Å². The van der Waals surface area contributed by atoms with E-state index in [1.165, 1.54) is 5.69 Å². The molecule has 4 nitrogen and oxygen atoms in total. The first-order chi connectivity index (χ1) is 8.15. The third kappa shape index (κ3) is 3.44. The van der Waals surface area contributed by atoms with Crippen LogP contribution in [0.15, 0.2) is 28.7 Å². The summed E-state index contributed by atoms with van der Waals surface area (Å²) >= 11 is 3.48. The summed E-state index contributed by atoms with van der Waals surface area (Å²) in [5.41, 5.74) is 6.41. The largest absolute Gasteiger partial charge is 0.369 e. The van der Waals surface area contributed by atoms with E-state index in [4.69, 9.17) is 5.73 Å². The van der Waals surface area contributed by atoms with Crippen molar-refractivity contribution in [2.24, 2.45) is 5.73 Å². The average molecular weight is 298 g/mol. The molecule has 0 atom stereocenters. The van der Waals surface area contributed by atoms with Gasteiger partial charge < -0.3 is 10.6 Å². The Hall–Kier alpha value is -1.07. The number of rotatable bonds is 3. The number of hydrogen-bond acceptors (Lipinski definition) is 3. The van der Waals surface area contributed by atoms with Crippen molar-refractivity contribution in [2.75, 3.05) is 37.6 Å². The highest BCUT2D eigenvalue weighted by Crippen LogP contribution is 2.20. The highest BCUT2D eigenvalue weighted by atomic mass is 79.9. The Morgan fingerprint density at radius 1 is 1.29 bits per heavy atom. The Morgan fingerprint density at radius 3 is 2.59 bits per heavy atom. The van der Waals surface area contributed by atoms with Crippen LogP contribution in [-0.4, -0.2) is 43.5 Å². The molecule has 2 rings (SSSR count). The number of amides is 1. The van der Waals surface area contributed by atoms with Crippen molar-refractivity contribution in [3.05, 3.63) is 28.7 Å². The maximum absolute atomic E-state index is 10.8. The molecule has 1 aliphatic rings. The molecule has 0 saturated carbocycles. The Morgan fingerprint density at radius 2 is 2.00 bits per heavy atom. The van der Waals surface area contributed by atoms with Crippen LogP contribution in [0, 0.1) is 0 Å². The number of nitrogens with zero attached hydrogens (tertiary/aromatic N) is 2. The molecule has 1 aromatic carbocycles. The van der Waals surface area contributed by atoms with Crippen LogP contribution in [0.25, 0.3) is 0 Å². The monoisotopic (exact) mass is 297 g/mol. The first-order valence-corrected chi connectivity index (χ1v) is 6.45. The van der Waals surface area contributed by atoms with Crippen LogP contribution in [0.4, 0.5) is 5.69 Å². The summed E-state index contributed by atoms with van der Waals surface area (Å²) in [5.74, 6) is -0.249. The molecule has 1 fully saturated rings. The molecule has 0 aromatic heterocycles. The summed E-state index contributed by atoms with van der Waals surface area (Å²) in [6.45, 7) is 4.00.